The molecule has 1 unspecified atom stereocenters. The number of hydrogen-bond acceptors (Lipinski definition) is 6. The third-order valence-electron chi connectivity index (χ3n) is 3.76. The molecule has 2 aliphatic heterocycles. The maximum absolute atomic E-state index is 11.4. The molecule has 0 aliphatic carbocycles. The van der Waals surface area contributed by atoms with Crippen molar-refractivity contribution in [3.8, 4) is 0 Å². The maximum atomic E-state index is 11.4. The number of carbonyl (C=O) groups excluding carboxylic acids is 3. The van der Waals surface area contributed by atoms with Gasteiger partial charge in [-0.25, -0.2) is 0 Å². The first-order chi connectivity index (χ1) is 10.6. The van der Waals surface area contributed by atoms with Gasteiger partial charge in [-0.1, -0.05) is 0 Å². The minimum absolute atomic E-state index is 0.0488. The van der Waals surface area contributed by atoms with Crippen molar-refractivity contribution in [1.29, 1.82) is 0 Å². The number of likely N-dealkylation sites (tertiary alicyclic amines) is 2. The van der Waals surface area contributed by atoms with Crippen LogP contribution in [0.25, 0.3) is 0 Å². The van der Waals surface area contributed by atoms with Crippen LogP contribution in [0.1, 0.15) is 25.7 Å². The molecule has 0 spiro atoms. The second kappa shape index (κ2) is 8.21. The van der Waals surface area contributed by atoms with E-state index in [1.165, 1.54) is 9.80 Å². The van der Waals surface area contributed by atoms with E-state index in [0.717, 1.165) is 0 Å². The lowest BCUT2D eigenvalue weighted by molar-refractivity contribution is -0.139. The zero-order chi connectivity index (χ0) is 15.9. The highest BCUT2D eigenvalue weighted by molar-refractivity contribution is 6.01. The van der Waals surface area contributed by atoms with Crippen molar-refractivity contribution in [1.82, 2.24) is 9.80 Å². The van der Waals surface area contributed by atoms with Gasteiger partial charge in [-0.2, -0.15) is 0 Å². The first-order valence-corrected chi connectivity index (χ1v) is 7.56. The fourth-order valence-corrected chi connectivity index (χ4v) is 2.50. The summed E-state index contributed by atoms with van der Waals surface area (Å²) in [6.07, 6.45) is 0.767. The Morgan fingerprint density at radius 3 is 2.00 bits per heavy atom. The number of ether oxygens (including phenoxy) is 2. The van der Waals surface area contributed by atoms with Gasteiger partial charge < -0.3 is 19.5 Å². The van der Waals surface area contributed by atoms with E-state index in [9.17, 15) is 19.5 Å². The summed E-state index contributed by atoms with van der Waals surface area (Å²) < 4.78 is 10.6. The van der Waals surface area contributed by atoms with Crippen LogP contribution in [0.5, 0.6) is 0 Å². The molecule has 0 saturated carbocycles. The summed E-state index contributed by atoms with van der Waals surface area (Å²) in [6, 6.07) is 0. The Balaban J connectivity index is 1.45. The van der Waals surface area contributed by atoms with Gasteiger partial charge in [0.05, 0.1) is 33.0 Å². The van der Waals surface area contributed by atoms with Gasteiger partial charge in [-0.3, -0.25) is 19.3 Å². The Hall–Kier alpha value is -1.51. The largest absolute Gasteiger partial charge is 0.377 e. The van der Waals surface area contributed by atoms with Crippen molar-refractivity contribution in [2.75, 3.05) is 39.5 Å². The zero-order valence-electron chi connectivity index (χ0n) is 12.5. The molecule has 8 nitrogen and oxygen atoms in total. The molecule has 2 heterocycles. The number of rotatable bonds is 9. The van der Waals surface area contributed by atoms with E-state index < -0.39 is 6.23 Å². The number of imide groups is 1. The summed E-state index contributed by atoms with van der Waals surface area (Å²) in [5.41, 5.74) is 0. The molecule has 0 bridgehead atoms. The monoisotopic (exact) mass is 314 g/mol. The van der Waals surface area contributed by atoms with Gasteiger partial charge in [-0.15, -0.1) is 0 Å². The van der Waals surface area contributed by atoms with E-state index in [2.05, 4.69) is 0 Å². The molecular weight excluding hydrogens is 292 g/mol. The van der Waals surface area contributed by atoms with Crippen LogP contribution in [0.15, 0.2) is 0 Å². The summed E-state index contributed by atoms with van der Waals surface area (Å²) in [6.45, 7) is 2.01. The first kappa shape index (κ1) is 16.9. The smallest absolute Gasteiger partial charge is 0.229 e. The second-order valence-electron chi connectivity index (χ2n) is 5.27. The predicted molar refractivity (Wildman–Crippen MR) is 74.5 cm³/mol. The molecule has 0 aromatic rings. The number of aliphatic hydroxyl groups excluding tert-OH is 1. The molecule has 3 amide bonds. The minimum Gasteiger partial charge on any atom is -0.377 e. The van der Waals surface area contributed by atoms with E-state index in [0.29, 0.717) is 58.7 Å². The first-order valence-electron chi connectivity index (χ1n) is 7.56. The van der Waals surface area contributed by atoms with E-state index >= 15 is 0 Å². The summed E-state index contributed by atoms with van der Waals surface area (Å²) in [5.74, 6) is -0.329. The molecule has 0 aromatic heterocycles. The summed E-state index contributed by atoms with van der Waals surface area (Å²) in [4.78, 5) is 36.7. The molecule has 8 heteroatoms. The number of amides is 3. The van der Waals surface area contributed by atoms with Crippen molar-refractivity contribution < 1.29 is 29.0 Å². The number of aliphatic hydroxyl groups is 1. The number of carbonyl (C=O) groups is 3. The SMILES string of the molecule is O=C1CCC(=O)N1CCOCCOCCN1C(=O)CCC1O. The molecule has 2 fully saturated rings. The summed E-state index contributed by atoms with van der Waals surface area (Å²) in [7, 11) is 0. The van der Waals surface area contributed by atoms with Crippen LogP contribution in [-0.2, 0) is 23.9 Å². The fourth-order valence-electron chi connectivity index (χ4n) is 2.50. The molecule has 1 atom stereocenters. The van der Waals surface area contributed by atoms with Crippen LogP contribution in [0.2, 0.25) is 0 Å². The molecule has 1 N–H and O–H groups in total. The summed E-state index contributed by atoms with van der Waals surface area (Å²) in [5, 5.41) is 9.54. The van der Waals surface area contributed by atoms with Crippen molar-refractivity contribution in [3.05, 3.63) is 0 Å². The van der Waals surface area contributed by atoms with Crippen LogP contribution in [0, 0.1) is 0 Å². The van der Waals surface area contributed by atoms with Crippen LogP contribution in [-0.4, -0.2) is 78.4 Å². The molecular formula is C14H22N2O6. The Morgan fingerprint density at radius 2 is 1.45 bits per heavy atom. The van der Waals surface area contributed by atoms with Crippen LogP contribution in [0.4, 0.5) is 0 Å². The minimum atomic E-state index is -0.692. The highest BCUT2D eigenvalue weighted by Gasteiger charge is 2.29. The van der Waals surface area contributed by atoms with Crippen molar-refractivity contribution in [2.24, 2.45) is 0 Å². The average Bonchev–Trinajstić information content (AvgIpc) is 2.98. The maximum Gasteiger partial charge on any atom is 0.229 e. The van der Waals surface area contributed by atoms with E-state index in [1.54, 1.807) is 0 Å². The van der Waals surface area contributed by atoms with Gasteiger partial charge in [0.25, 0.3) is 0 Å². The van der Waals surface area contributed by atoms with Gasteiger partial charge in [0.1, 0.15) is 6.23 Å². The highest BCUT2D eigenvalue weighted by atomic mass is 16.5. The lowest BCUT2D eigenvalue weighted by atomic mass is 10.4. The van der Waals surface area contributed by atoms with E-state index in [-0.39, 0.29) is 24.3 Å². The molecule has 22 heavy (non-hydrogen) atoms. The standard InChI is InChI=1S/C14H22N2O6/c17-11-1-2-12(18)15(11)5-7-21-9-10-22-8-6-16-13(19)3-4-14(16)20/h11,17H,1-10H2. The van der Waals surface area contributed by atoms with E-state index in [1.807, 2.05) is 0 Å². The van der Waals surface area contributed by atoms with Crippen molar-refractivity contribution in [2.45, 2.75) is 31.9 Å². The Bertz CT molecular complexity index is 412. The number of nitrogens with zero attached hydrogens (tertiary/aromatic N) is 2. The van der Waals surface area contributed by atoms with Gasteiger partial charge in [0.15, 0.2) is 0 Å². The van der Waals surface area contributed by atoms with Crippen LogP contribution < -0.4 is 0 Å². The van der Waals surface area contributed by atoms with Crippen LogP contribution >= 0.6 is 0 Å². The van der Waals surface area contributed by atoms with Gasteiger partial charge >= 0.3 is 0 Å². The number of hydrogen-bond donors (Lipinski definition) is 1. The third-order valence-corrected chi connectivity index (χ3v) is 3.76. The predicted octanol–water partition coefficient (Wildman–Crippen LogP) is -0.891. The van der Waals surface area contributed by atoms with Crippen LogP contribution in [0.3, 0.4) is 0 Å². The fraction of sp³-hybridized carbons (Fsp3) is 0.786. The molecule has 124 valence electrons. The third kappa shape index (κ3) is 4.49. The lowest BCUT2D eigenvalue weighted by Crippen LogP contribution is -2.35. The summed E-state index contributed by atoms with van der Waals surface area (Å²) >= 11 is 0. The van der Waals surface area contributed by atoms with Gasteiger partial charge in [0.2, 0.25) is 17.7 Å². The Labute approximate surface area is 128 Å². The normalized spacial score (nSPS) is 22.2. The van der Waals surface area contributed by atoms with Crippen molar-refractivity contribution >= 4 is 17.7 Å². The molecule has 0 radical (unpaired) electrons. The Morgan fingerprint density at radius 1 is 0.864 bits per heavy atom. The highest BCUT2D eigenvalue weighted by Crippen LogP contribution is 2.15. The molecule has 2 rings (SSSR count). The Kier molecular flexibility index (Phi) is 6.29. The zero-order valence-corrected chi connectivity index (χ0v) is 12.5. The van der Waals surface area contributed by atoms with Crippen molar-refractivity contribution in [3.63, 3.8) is 0 Å². The lowest BCUT2D eigenvalue weighted by Gasteiger charge is -2.20. The average molecular weight is 314 g/mol. The second-order valence-corrected chi connectivity index (χ2v) is 5.27. The topological polar surface area (TPSA) is 96.4 Å². The van der Waals surface area contributed by atoms with Gasteiger partial charge in [-0.05, 0) is 0 Å². The molecule has 2 saturated heterocycles. The molecule has 2 aliphatic rings. The molecule has 0 aromatic carbocycles. The van der Waals surface area contributed by atoms with Gasteiger partial charge in [0, 0.05) is 32.2 Å². The van der Waals surface area contributed by atoms with E-state index in [4.69, 9.17) is 9.47 Å². The quantitative estimate of drug-likeness (QED) is 0.438.